The number of rotatable bonds is 8. The minimum Gasteiger partial charge on any atom is -0.395 e. The molecule has 1 aliphatic rings. The number of hydrogen-bond donors (Lipinski definition) is 1. The van der Waals surface area contributed by atoms with Crippen molar-refractivity contribution in [3.05, 3.63) is 35.9 Å². The lowest BCUT2D eigenvalue weighted by atomic mass is 10.2. The number of hydrogen-bond acceptors (Lipinski definition) is 4. The maximum atomic E-state index is 11.8. The molecule has 0 radical (unpaired) electrons. The molecule has 6 heteroatoms. The van der Waals surface area contributed by atoms with Crippen LogP contribution in [0.15, 0.2) is 30.3 Å². The van der Waals surface area contributed by atoms with Gasteiger partial charge in [0.25, 0.3) is 0 Å². The molecule has 1 fully saturated rings. The Labute approximate surface area is 126 Å². The van der Waals surface area contributed by atoms with Crippen LogP contribution in [0.5, 0.6) is 0 Å². The smallest absolute Gasteiger partial charge is 0.214 e. The molecule has 5 nitrogen and oxygen atoms in total. The van der Waals surface area contributed by atoms with E-state index in [0.29, 0.717) is 32.6 Å². The van der Waals surface area contributed by atoms with Gasteiger partial charge in [0.2, 0.25) is 10.0 Å². The Morgan fingerprint density at radius 3 is 2.71 bits per heavy atom. The van der Waals surface area contributed by atoms with E-state index in [9.17, 15) is 13.5 Å². The van der Waals surface area contributed by atoms with Crippen LogP contribution < -0.4 is 0 Å². The SMILES string of the molecule is O=S1(=O)CCC(CO)N1CCCOCCc1ccccc1. The van der Waals surface area contributed by atoms with Crippen LogP contribution in [0.1, 0.15) is 18.4 Å². The van der Waals surface area contributed by atoms with Crippen LogP contribution in [0.4, 0.5) is 0 Å². The van der Waals surface area contributed by atoms with Gasteiger partial charge in [0.15, 0.2) is 0 Å². The van der Waals surface area contributed by atoms with Crippen molar-refractivity contribution >= 4 is 10.0 Å². The molecule has 1 unspecified atom stereocenters. The number of benzene rings is 1. The van der Waals surface area contributed by atoms with Crippen molar-refractivity contribution in [3.63, 3.8) is 0 Å². The average Bonchev–Trinajstić information content (AvgIpc) is 2.78. The molecule has 2 rings (SSSR count). The van der Waals surface area contributed by atoms with E-state index in [2.05, 4.69) is 12.1 Å². The number of sulfonamides is 1. The van der Waals surface area contributed by atoms with Crippen molar-refractivity contribution in [2.75, 3.05) is 32.1 Å². The van der Waals surface area contributed by atoms with Crippen LogP contribution in [-0.2, 0) is 21.2 Å². The van der Waals surface area contributed by atoms with E-state index in [1.165, 1.54) is 9.87 Å². The molecule has 1 aromatic rings. The van der Waals surface area contributed by atoms with Gasteiger partial charge in [-0.05, 0) is 24.8 Å². The molecule has 0 spiro atoms. The molecule has 0 amide bonds. The van der Waals surface area contributed by atoms with Crippen LogP contribution in [0, 0.1) is 0 Å². The molecular weight excluding hydrogens is 290 g/mol. The topological polar surface area (TPSA) is 66.8 Å². The van der Waals surface area contributed by atoms with Crippen molar-refractivity contribution in [1.82, 2.24) is 4.31 Å². The predicted octanol–water partition coefficient (Wildman–Crippen LogP) is 1.03. The van der Waals surface area contributed by atoms with Gasteiger partial charge in [0.1, 0.15) is 0 Å². The molecular formula is C15H23NO4S. The zero-order chi connectivity index (χ0) is 15.1. The Hall–Kier alpha value is -0.950. The monoisotopic (exact) mass is 313 g/mol. The third-order valence-electron chi connectivity index (χ3n) is 3.73. The van der Waals surface area contributed by atoms with Crippen molar-refractivity contribution in [1.29, 1.82) is 0 Å². The largest absolute Gasteiger partial charge is 0.395 e. The Morgan fingerprint density at radius 1 is 1.24 bits per heavy atom. The summed E-state index contributed by atoms with van der Waals surface area (Å²) in [5.41, 5.74) is 1.24. The lowest BCUT2D eigenvalue weighted by Crippen LogP contribution is -2.36. The first kappa shape index (κ1) is 16.4. The maximum Gasteiger partial charge on any atom is 0.214 e. The van der Waals surface area contributed by atoms with Gasteiger partial charge >= 0.3 is 0 Å². The van der Waals surface area contributed by atoms with Crippen molar-refractivity contribution < 1.29 is 18.3 Å². The Balaban J connectivity index is 1.63. The van der Waals surface area contributed by atoms with Crippen LogP contribution in [0.3, 0.4) is 0 Å². The van der Waals surface area contributed by atoms with E-state index in [4.69, 9.17) is 4.74 Å². The van der Waals surface area contributed by atoms with Gasteiger partial charge in [-0.3, -0.25) is 0 Å². The first-order valence-corrected chi connectivity index (χ1v) is 8.96. The predicted molar refractivity (Wildman–Crippen MR) is 81.6 cm³/mol. The van der Waals surface area contributed by atoms with Crippen molar-refractivity contribution in [2.45, 2.75) is 25.3 Å². The molecule has 1 aromatic carbocycles. The highest BCUT2D eigenvalue weighted by atomic mass is 32.2. The van der Waals surface area contributed by atoms with E-state index >= 15 is 0 Å². The highest BCUT2D eigenvalue weighted by Gasteiger charge is 2.36. The standard InChI is InChI=1S/C15H23NO4S/c17-13-15-8-12-21(18,19)16(15)9-4-10-20-11-7-14-5-2-1-3-6-14/h1-3,5-6,15,17H,4,7-13H2. The van der Waals surface area contributed by atoms with Gasteiger partial charge in [-0.25, -0.2) is 8.42 Å². The fourth-order valence-electron chi connectivity index (χ4n) is 2.54. The van der Waals surface area contributed by atoms with Crippen LogP contribution in [-0.4, -0.2) is 56.0 Å². The summed E-state index contributed by atoms with van der Waals surface area (Å²) in [5, 5.41) is 9.20. The maximum absolute atomic E-state index is 11.8. The lowest BCUT2D eigenvalue weighted by Gasteiger charge is -2.20. The van der Waals surface area contributed by atoms with Gasteiger partial charge in [0.05, 0.1) is 19.0 Å². The number of aliphatic hydroxyl groups excluding tert-OH is 1. The molecule has 1 heterocycles. The third kappa shape index (κ3) is 4.78. The number of ether oxygens (including phenoxy) is 1. The molecule has 0 aromatic heterocycles. The van der Waals surface area contributed by atoms with E-state index in [0.717, 1.165) is 6.42 Å². The molecule has 118 valence electrons. The van der Waals surface area contributed by atoms with Gasteiger partial charge in [0, 0.05) is 19.2 Å². The summed E-state index contributed by atoms with van der Waals surface area (Å²) in [7, 11) is -3.17. The molecule has 1 atom stereocenters. The summed E-state index contributed by atoms with van der Waals surface area (Å²) in [6, 6.07) is 9.86. The van der Waals surface area contributed by atoms with Gasteiger partial charge in [-0.15, -0.1) is 0 Å². The zero-order valence-electron chi connectivity index (χ0n) is 12.1. The first-order valence-electron chi connectivity index (χ1n) is 7.35. The molecule has 0 bridgehead atoms. The average molecular weight is 313 g/mol. The van der Waals surface area contributed by atoms with E-state index in [-0.39, 0.29) is 18.4 Å². The normalized spacial score (nSPS) is 21.7. The van der Waals surface area contributed by atoms with Crippen LogP contribution >= 0.6 is 0 Å². The molecule has 1 N–H and O–H groups in total. The van der Waals surface area contributed by atoms with Crippen LogP contribution in [0.2, 0.25) is 0 Å². The second-order valence-electron chi connectivity index (χ2n) is 5.25. The summed E-state index contributed by atoms with van der Waals surface area (Å²) < 4.78 is 30.6. The minimum absolute atomic E-state index is 0.103. The van der Waals surface area contributed by atoms with E-state index in [1.54, 1.807) is 0 Å². The Morgan fingerprint density at radius 2 is 2.00 bits per heavy atom. The number of aliphatic hydroxyl groups is 1. The van der Waals surface area contributed by atoms with Crippen LogP contribution in [0.25, 0.3) is 0 Å². The highest BCUT2D eigenvalue weighted by Crippen LogP contribution is 2.20. The second-order valence-corrected chi connectivity index (χ2v) is 7.29. The lowest BCUT2D eigenvalue weighted by molar-refractivity contribution is 0.124. The fraction of sp³-hybridized carbons (Fsp3) is 0.600. The molecule has 0 saturated carbocycles. The fourth-order valence-corrected chi connectivity index (χ4v) is 4.37. The summed E-state index contributed by atoms with van der Waals surface area (Å²) in [4.78, 5) is 0. The Kier molecular flexibility index (Phi) is 6.17. The highest BCUT2D eigenvalue weighted by molar-refractivity contribution is 7.89. The van der Waals surface area contributed by atoms with E-state index < -0.39 is 10.0 Å². The minimum atomic E-state index is -3.17. The Bertz CT molecular complexity index is 518. The zero-order valence-corrected chi connectivity index (χ0v) is 13.0. The van der Waals surface area contributed by atoms with Crippen molar-refractivity contribution in [2.24, 2.45) is 0 Å². The summed E-state index contributed by atoms with van der Waals surface area (Å²) >= 11 is 0. The van der Waals surface area contributed by atoms with Gasteiger partial charge in [-0.2, -0.15) is 4.31 Å². The third-order valence-corrected chi connectivity index (χ3v) is 5.68. The summed E-state index contributed by atoms with van der Waals surface area (Å²) in [6.07, 6.45) is 2.04. The molecule has 1 aliphatic heterocycles. The second kappa shape index (κ2) is 7.89. The molecule has 0 aliphatic carbocycles. The van der Waals surface area contributed by atoms with E-state index in [1.807, 2.05) is 18.2 Å². The van der Waals surface area contributed by atoms with Gasteiger partial charge in [-0.1, -0.05) is 30.3 Å². The van der Waals surface area contributed by atoms with Gasteiger partial charge < -0.3 is 9.84 Å². The van der Waals surface area contributed by atoms with Crippen molar-refractivity contribution in [3.8, 4) is 0 Å². The molecule has 21 heavy (non-hydrogen) atoms. The molecule has 1 saturated heterocycles. The summed E-state index contributed by atoms with van der Waals surface area (Å²) in [5.74, 6) is 0.146. The quantitative estimate of drug-likeness (QED) is 0.728. The first-order chi connectivity index (χ1) is 10.1. The summed E-state index contributed by atoms with van der Waals surface area (Å²) in [6.45, 7) is 1.50. The number of nitrogens with zero attached hydrogens (tertiary/aromatic N) is 1.